The van der Waals surface area contributed by atoms with E-state index < -0.39 is 0 Å². The van der Waals surface area contributed by atoms with E-state index >= 15 is 0 Å². The molecular weight excluding hydrogens is 394 g/mol. The Morgan fingerprint density at radius 1 is 1.32 bits per heavy atom. The first-order valence-corrected chi connectivity index (χ1v) is 10.9. The van der Waals surface area contributed by atoms with Gasteiger partial charge in [-0.25, -0.2) is 14.7 Å². The van der Waals surface area contributed by atoms with E-state index in [1.54, 1.807) is 7.11 Å². The molecule has 168 valence electrons. The van der Waals surface area contributed by atoms with Gasteiger partial charge in [-0.15, -0.1) is 0 Å². The summed E-state index contributed by atoms with van der Waals surface area (Å²) in [5.74, 6) is 2.36. The van der Waals surface area contributed by atoms with E-state index in [1.165, 1.54) is 0 Å². The van der Waals surface area contributed by atoms with Gasteiger partial charge >= 0.3 is 0 Å². The number of carbonyl (C=O) groups excluding carboxylic acids is 1. The number of methoxy groups -OCH3 is 1. The van der Waals surface area contributed by atoms with Crippen LogP contribution >= 0.6 is 0 Å². The number of hydrogen-bond donors (Lipinski definition) is 2. The molecule has 0 fully saturated rings. The minimum Gasteiger partial charge on any atom is -0.377 e. The molecule has 0 radical (unpaired) electrons. The number of carbonyl (C=O) groups is 1. The van der Waals surface area contributed by atoms with E-state index in [1.807, 2.05) is 53.8 Å². The number of benzene rings is 1. The van der Waals surface area contributed by atoms with Crippen LogP contribution in [0, 0.1) is 0 Å². The van der Waals surface area contributed by atoms with Gasteiger partial charge in [0, 0.05) is 39.2 Å². The number of nitrogens with one attached hydrogen (secondary N) is 2. The Hall–Kier alpha value is -2.94. The highest BCUT2D eigenvalue weighted by Gasteiger charge is 2.22. The zero-order valence-electron chi connectivity index (χ0n) is 18.7. The third-order valence-corrected chi connectivity index (χ3v) is 5.18. The second-order valence-corrected chi connectivity index (χ2v) is 7.53. The fraction of sp³-hybridized carbons (Fsp3) is 0.545. The lowest BCUT2D eigenvalue weighted by Crippen LogP contribution is -2.47. The number of aromatic nitrogens is 3. The molecule has 9 heteroatoms. The lowest BCUT2D eigenvalue weighted by molar-refractivity contribution is -0.130. The average molecular weight is 428 g/mol. The van der Waals surface area contributed by atoms with Gasteiger partial charge in [-0.2, -0.15) is 5.10 Å². The molecule has 1 aliphatic rings. The second-order valence-electron chi connectivity index (χ2n) is 7.53. The van der Waals surface area contributed by atoms with Crippen LogP contribution in [0.2, 0.25) is 0 Å². The number of guanidine groups is 1. The lowest BCUT2D eigenvalue weighted by Gasteiger charge is -2.25. The molecule has 9 nitrogen and oxygen atoms in total. The largest absolute Gasteiger partial charge is 0.377 e. The van der Waals surface area contributed by atoms with Crippen molar-refractivity contribution in [2.45, 2.75) is 52.4 Å². The SMILES string of the molecule is CCNC(=NCC(=O)N(CC)Cc1ccccc1)NC1CCc2nc(COC)nn2C1. The first kappa shape index (κ1) is 22.7. The number of fused-ring (bicyclic) bond motifs is 1. The molecule has 1 aliphatic heterocycles. The second kappa shape index (κ2) is 11.5. The van der Waals surface area contributed by atoms with E-state index in [4.69, 9.17) is 4.74 Å². The summed E-state index contributed by atoms with van der Waals surface area (Å²) in [5.41, 5.74) is 1.12. The minimum atomic E-state index is 0.00923. The van der Waals surface area contributed by atoms with Crippen molar-refractivity contribution < 1.29 is 9.53 Å². The summed E-state index contributed by atoms with van der Waals surface area (Å²) in [6.45, 7) is 7.20. The van der Waals surface area contributed by atoms with Gasteiger partial charge < -0.3 is 20.3 Å². The molecule has 3 rings (SSSR count). The number of aryl methyl sites for hydroxylation is 1. The van der Waals surface area contributed by atoms with Gasteiger partial charge in [0.05, 0.1) is 6.54 Å². The van der Waals surface area contributed by atoms with Gasteiger partial charge in [-0.05, 0) is 25.8 Å². The van der Waals surface area contributed by atoms with Crippen LogP contribution in [0.15, 0.2) is 35.3 Å². The lowest BCUT2D eigenvalue weighted by atomic mass is 10.1. The summed E-state index contributed by atoms with van der Waals surface area (Å²) in [6, 6.07) is 10.2. The quantitative estimate of drug-likeness (QED) is 0.463. The molecule has 0 spiro atoms. The number of rotatable bonds is 9. The van der Waals surface area contributed by atoms with Gasteiger partial charge in [0.25, 0.3) is 0 Å². The van der Waals surface area contributed by atoms with Crippen molar-refractivity contribution in [2.75, 3.05) is 26.7 Å². The van der Waals surface area contributed by atoms with Gasteiger partial charge in [0.15, 0.2) is 11.8 Å². The number of hydrogen-bond acceptors (Lipinski definition) is 5. The van der Waals surface area contributed by atoms with E-state index in [0.717, 1.165) is 30.8 Å². The van der Waals surface area contributed by atoms with Crippen molar-refractivity contribution in [1.82, 2.24) is 30.3 Å². The smallest absolute Gasteiger partial charge is 0.244 e. The molecule has 1 aromatic heterocycles. The van der Waals surface area contributed by atoms with E-state index in [9.17, 15) is 4.79 Å². The molecule has 2 N–H and O–H groups in total. The van der Waals surface area contributed by atoms with Crippen LogP contribution in [0.3, 0.4) is 0 Å². The Morgan fingerprint density at radius 2 is 2.13 bits per heavy atom. The van der Waals surface area contributed by atoms with Crippen molar-refractivity contribution in [3.05, 3.63) is 47.5 Å². The molecule has 2 aromatic rings. The van der Waals surface area contributed by atoms with Crippen molar-refractivity contribution in [3.8, 4) is 0 Å². The molecule has 0 bridgehead atoms. The number of ether oxygens (including phenoxy) is 1. The minimum absolute atomic E-state index is 0.00923. The Bertz CT molecular complexity index is 866. The Kier molecular flexibility index (Phi) is 8.40. The molecule has 2 heterocycles. The van der Waals surface area contributed by atoms with Gasteiger partial charge in [-0.3, -0.25) is 4.79 Å². The Morgan fingerprint density at radius 3 is 2.84 bits per heavy atom. The maximum absolute atomic E-state index is 12.7. The van der Waals surface area contributed by atoms with Crippen molar-refractivity contribution in [2.24, 2.45) is 4.99 Å². The van der Waals surface area contributed by atoms with Crippen molar-refractivity contribution >= 4 is 11.9 Å². The summed E-state index contributed by atoms with van der Waals surface area (Å²) in [7, 11) is 1.64. The third kappa shape index (κ3) is 6.52. The molecule has 0 saturated carbocycles. The van der Waals surface area contributed by atoms with Gasteiger partial charge in [-0.1, -0.05) is 30.3 Å². The standard InChI is InChI=1S/C22H33N7O2/c1-4-23-22(24-13-21(30)28(5-2)14-17-9-7-6-8-10-17)25-18-11-12-20-26-19(16-31-3)27-29(20)15-18/h6-10,18H,4-5,11-16H2,1-3H3,(H2,23,24,25). The molecule has 1 aromatic carbocycles. The van der Waals surface area contributed by atoms with Crippen LogP contribution in [-0.4, -0.2) is 64.3 Å². The normalized spacial score (nSPS) is 16.0. The van der Waals surface area contributed by atoms with E-state index in [-0.39, 0.29) is 18.5 Å². The Balaban J connectivity index is 1.58. The zero-order chi connectivity index (χ0) is 22.1. The van der Waals surface area contributed by atoms with Gasteiger partial charge in [0.2, 0.25) is 5.91 Å². The fourth-order valence-corrected chi connectivity index (χ4v) is 3.61. The van der Waals surface area contributed by atoms with Crippen LogP contribution < -0.4 is 10.6 Å². The maximum Gasteiger partial charge on any atom is 0.244 e. The molecule has 31 heavy (non-hydrogen) atoms. The first-order valence-electron chi connectivity index (χ1n) is 10.9. The molecular formula is C22H33N7O2. The van der Waals surface area contributed by atoms with E-state index in [2.05, 4.69) is 25.7 Å². The summed E-state index contributed by atoms with van der Waals surface area (Å²) >= 11 is 0. The van der Waals surface area contributed by atoms with Crippen LogP contribution in [0.4, 0.5) is 0 Å². The Labute approximate surface area is 183 Å². The third-order valence-electron chi connectivity index (χ3n) is 5.18. The highest BCUT2D eigenvalue weighted by Crippen LogP contribution is 2.13. The first-order chi connectivity index (χ1) is 15.1. The topological polar surface area (TPSA) is 96.7 Å². The molecule has 1 atom stereocenters. The number of nitrogens with zero attached hydrogens (tertiary/aromatic N) is 5. The molecule has 1 unspecified atom stereocenters. The average Bonchev–Trinajstić information content (AvgIpc) is 3.18. The highest BCUT2D eigenvalue weighted by atomic mass is 16.5. The van der Waals surface area contributed by atoms with Crippen molar-refractivity contribution in [1.29, 1.82) is 0 Å². The summed E-state index contributed by atoms with van der Waals surface area (Å²) in [5, 5.41) is 11.2. The van der Waals surface area contributed by atoms with Crippen molar-refractivity contribution in [3.63, 3.8) is 0 Å². The van der Waals surface area contributed by atoms with Crippen LogP contribution in [0.1, 0.15) is 37.5 Å². The summed E-state index contributed by atoms with van der Waals surface area (Å²) in [6.07, 6.45) is 1.77. The highest BCUT2D eigenvalue weighted by molar-refractivity contribution is 5.85. The predicted octanol–water partition coefficient (Wildman–Crippen LogP) is 1.34. The number of aliphatic imine (C=N–C) groups is 1. The molecule has 0 saturated heterocycles. The molecule has 1 amide bonds. The maximum atomic E-state index is 12.7. The summed E-state index contributed by atoms with van der Waals surface area (Å²) in [4.78, 5) is 23.6. The number of likely N-dealkylation sites (N-methyl/N-ethyl adjacent to an activating group) is 1. The van der Waals surface area contributed by atoms with E-state index in [0.29, 0.717) is 38.0 Å². The number of amides is 1. The van der Waals surface area contributed by atoms with Gasteiger partial charge in [0.1, 0.15) is 19.0 Å². The van der Waals surface area contributed by atoms with Crippen LogP contribution in [0.5, 0.6) is 0 Å². The fourth-order valence-electron chi connectivity index (χ4n) is 3.61. The monoisotopic (exact) mass is 427 g/mol. The molecule has 0 aliphatic carbocycles. The summed E-state index contributed by atoms with van der Waals surface area (Å²) < 4.78 is 7.06. The van der Waals surface area contributed by atoms with Crippen LogP contribution in [0.25, 0.3) is 0 Å². The zero-order valence-corrected chi connectivity index (χ0v) is 18.7. The van der Waals surface area contributed by atoms with Crippen LogP contribution in [-0.2, 0) is 35.6 Å². The predicted molar refractivity (Wildman–Crippen MR) is 119 cm³/mol.